The van der Waals surface area contributed by atoms with Gasteiger partial charge in [0.25, 0.3) is 0 Å². The van der Waals surface area contributed by atoms with E-state index < -0.39 is 11.6 Å². The van der Waals surface area contributed by atoms with Crippen LogP contribution in [0.15, 0.2) is 12.1 Å². The number of rotatable bonds is 2. The van der Waals surface area contributed by atoms with Crippen molar-refractivity contribution in [2.24, 2.45) is 0 Å². The molecule has 0 spiro atoms. The number of benzene rings is 1. The molecule has 4 heteroatoms. The smallest absolute Gasteiger partial charge is 0.160 e. The lowest BCUT2D eigenvalue weighted by Crippen LogP contribution is -2.34. The molecule has 2 rings (SSSR count). The Morgan fingerprint density at radius 1 is 1.17 bits per heavy atom. The lowest BCUT2D eigenvalue weighted by atomic mass is 10.1. The van der Waals surface area contributed by atoms with Gasteiger partial charge in [-0.15, -0.1) is 11.3 Å². The molecule has 2 aromatic rings. The zero-order valence-corrected chi connectivity index (χ0v) is 11.8. The van der Waals surface area contributed by atoms with Crippen molar-refractivity contribution in [2.45, 2.75) is 39.8 Å². The number of halogens is 2. The second-order valence-electron chi connectivity index (χ2n) is 5.52. The largest absolute Gasteiger partial charge is 0.307 e. The molecule has 0 bridgehead atoms. The van der Waals surface area contributed by atoms with Gasteiger partial charge in [0.15, 0.2) is 11.6 Å². The number of hydrogen-bond donors (Lipinski definition) is 1. The first-order valence-electron chi connectivity index (χ1n) is 5.90. The molecule has 0 unspecified atom stereocenters. The molecule has 0 aliphatic carbocycles. The van der Waals surface area contributed by atoms with Crippen LogP contribution in [0.3, 0.4) is 0 Å². The van der Waals surface area contributed by atoms with Gasteiger partial charge in [0.1, 0.15) is 0 Å². The molecule has 0 saturated heterocycles. The molecular weight excluding hydrogens is 252 g/mol. The minimum atomic E-state index is -0.779. The van der Waals surface area contributed by atoms with Crippen LogP contribution in [0, 0.1) is 18.6 Å². The quantitative estimate of drug-likeness (QED) is 0.853. The van der Waals surface area contributed by atoms with E-state index in [0.29, 0.717) is 0 Å². The van der Waals surface area contributed by atoms with Gasteiger partial charge in [0, 0.05) is 21.7 Å². The molecule has 98 valence electrons. The number of aryl methyl sites for hydroxylation is 1. The Labute approximate surface area is 110 Å². The summed E-state index contributed by atoms with van der Waals surface area (Å²) in [6.45, 7) is 8.95. The van der Waals surface area contributed by atoms with Crippen molar-refractivity contribution in [3.8, 4) is 0 Å². The standard InChI is InChI=1S/C14H17F2NS/c1-8-9-5-10(15)11(16)6-12(9)18-13(8)7-17-14(2,3)4/h5-6,17H,7H2,1-4H3. The third-order valence-corrected chi connectivity index (χ3v) is 4.11. The molecule has 1 aromatic carbocycles. The lowest BCUT2D eigenvalue weighted by Gasteiger charge is -2.20. The average Bonchev–Trinajstić information content (AvgIpc) is 2.53. The van der Waals surface area contributed by atoms with Crippen molar-refractivity contribution < 1.29 is 8.78 Å². The first-order valence-corrected chi connectivity index (χ1v) is 6.71. The fraction of sp³-hybridized carbons (Fsp3) is 0.429. The Balaban J connectivity index is 2.38. The summed E-state index contributed by atoms with van der Waals surface area (Å²) >= 11 is 1.52. The van der Waals surface area contributed by atoms with Gasteiger partial charge in [0.2, 0.25) is 0 Å². The summed E-state index contributed by atoms with van der Waals surface area (Å²) in [6.07, 6.45) is 0. The van der Waals surface area contributed by atoms with E-state index in [4.69, 9.17) is 0 Å². The molecule has 0 aliphatic rings. The van der Waals surface area contributed by atoms with E-state index >= 15 is 0 Å². The van der Waals surface area contributed by atoms with Gasteiger partial charge in [-0.3, -0.25) is 0 Å². The van der Waals surface area contributed by atoms with E-state index in [-0.39, 0.29) is 5.54 Å². The molecule has 0 atom stereocenters. The highest BCUT2D eigenvalue weighted by atomic mass is 32.1. The molecule has 1 heterocycles. The van der Waals surface area contributed by atoms with E-state index in [0.717, 1.165) is 27.1 Å². The van der Waals surface area contributed by atoms with Gasteiger partial charge in [-0.1, -0.05) is 0 Å². The summed E-state index contributed by atoms with van der Waals surface area (Å²) in [5.41, 5.74) is 1.06. The van der Waals surface area contributed by atoms with Crippen molar-refractivity contribution in [3.63, 3.8) is 0 Å². The maximum atomic E-state index is 13.2. The minimum absolute atomic E-state index is 0.0269. The Hall–Kier alpha value is -1.00. The first-order chi connectivity index (χ1) is 8.28. The minimum Gasteiger partial charge on any atom is -0.307 e. The van der Waals surface area contributed by atoms with Gasteiger partial charge in [-0.2, -0.15) is 0 Å². The number of nitrogens with one attached hydrogen (secondary N) is 1. The normalized spacial score (nSPS) is 12.3. The van der Waals surface area contributed by atoms with Crippen molar-refractivity contribution in [1.82, 2.24) is 5.32 Å². The van der Waals surface area contributed by atoms with Crippen LogP contribution in [0.25, 0.3) is 10.1 Å². The third-order valence-electron chi connectivity index (χ3n) is 2.86. The maximum absolute atomic E-state index is 13.2. The summed E-state index contributed by atoms with van der Waals surface area (Å²) in [4.78, 5) is 1.13. The lowest BCUT2D eigenvalue weighted by molar-refractivity contribution is 0.426. The van der Waals surface area contributed by atoms with E-state index in [1.54, 1.807) is 0 Å². The van der Waals surface area contributed by atoms with Crippen molar-refractivity contribution in [2.75, 3.05) is 0 Å². The van der Waals surface area contributed by atoms with Crippen LogP contribution in [0.5, 0.6) is 0 Å². The van der Waals surface area contributed by atoms with Crippen LogP contribution in [0.4, 0.5) is 8.78 Å². The fourth-order valence-electron chi connectivity index (χ4n) is 1.78. The zero-order valence-electron chi connectivity index (χ0n) is 11.0. The number of hydrogen-bond acceptors (Lipinski definition) is 2. The highest BCUT2D eigenvalue weighted by molar-refractivity contribution is 7.19. The molecule has 0 saturated carbocycles. The monoisotopic (exact) mass is 269 g/mol. The number of thiophene rings is 1. The third kappa shape index (κ3) is 2.70. The van der Waals surface area contributed by atoms with Crippen LogP contribution < -0.4 is 5.32 Å². The molecule has 1 aromatic heterocycles. The summed E-state index contributed by atoms with van der Waals surface area (Å²) in [7, 11) is 0. The summed E-state index contributed by atoms with van der Waals surface area (Å²) in [5, 5.41) is 4.20. The van der Waals surface area contributed by atoms with Crippen LogP contribution in [-0.4, -0.2) is 5.54 Å². The summed E-state index contributed by atoms with van der Waals surface area (Å²) < 4.78 is 27.2. The highest BCUT2D eigenvalue weighted by Gasteiger charge is 2.14. The predicted octanol–water partition coefficient (Wildman–Crippen LogP) is 4.38. The van der Waals surface area contributed by atoms with E-state index in [1.807, 2.05) is 6.92 Å². The zero-order chi connectivity index (χ0) is 13.5. The summed E-state index contributed by atoms with van der Waals surface area (Å²) in [5.74, 6) is -1.56. The molecule has 0 amide bonds. The average molecular weight is 269 g/mol. The topological polar surface area (TPSA) is 12.0 Å². The SMILES string of the molecule is Cc1c(CNC(C)(C)C)sc2cc(F)c(F)cc12. The number of fused-ring (bicyclic) bond motifs is 1. The van der Waals surface area contributed by atoms with Gasteiger partial charge in [-0.25, -0.2) is 8.78 Å². The molecule has 1 nitrogen and oxygen atoms in total. The first kappa shape index (κ1) is 13.4. The second-order valence-corrected chi connectivity index (χ2v) is 6.65. The van der Waals surface area contributed by atoms with Crippen LogP contribution in [0.2, 0.25) is 0 Å². The van der Waals surface area contributed by atoms with Gasteiger partial charge in [0.05, 0.1) is 0 Å². The Morgan fingerprint density at radius 2 is 1.78 bits per heavy atom. The molecule has 0 radical (unpaired) electrons. The van der Waals surface area contributed by atoms with Crippen LogP contribution >= 0.6 is 11.3 Å². The highest BCUT2D eigenvalue weighted by Crippen LogP contribution is 2.32. The van der Waals surface area contributed by atoms with Gasteiger partial charge < -0.3 is 5.32 Å². The molecule has 18 heavy (non-hydrogen) atoms. The molecule has 1 N–H and O–H groups in total. The maximum Gasteiger partial charge on any atom is 0.160 e. The fourth-order valence-corrected chi connectivity index (χ4v) is 2.94. The van der Waals surface area contributed by atoms with E-state index in [9.17, 15) is 8.78 Å². The van der Waals surface area contributed by atoms with Crippen LogP contribution in [0.1, 0.15) is 31.2 Å². The van der Waals surface area contributed by atoms with Gasteiger partial charge in [-0.05, 0) is 50.8 Å². The van der Waals surface area contributed by atoms with E-state index in [2.05, 4.69) is 26.1 Å². The molecule has 0 aliphatic heterocycles. The Morgan fingerprint density at radius 3 is 2.39 bits per heavy atom. The van der Waals surface area contributed by atoms with E-state index in [1.165, 1.54) is 23.5 Å². The summed E-state index contributed by atoms with van der Waals surface area (Å²) in [6, 6.07) is 2.57. The second kappa shape index (κ2) is 4.59. The van der Waals surface area contributed by atoms with Crippen molar-refractivity contribution in [3.05, 3.63) is 34.2 Å². The molecule has 0 fully saturated rings. The predicted molar refractivity (Wildman–Crippen MR) is 73.1 cm³/mol. The molecular formula is C14H17F2NS. The van der Waals surface area contributed by atoms with Crippen LogP contribution in [-0.2, 0) is 6.54 Å². The Bertz CT molecular complexity index is 581. The Kier molecular flexibility index (Phi) is 3.43. The van der Waals surface area contributed by atoms with Crippen molar-refractivity contribution >= 4 is 21.4 Å². The van der Waals surface area contributed by atoms with Gasteiger partial charge >= 0.3 is 0 Å². The van der Waals surface area contributed by atoms with Crippen molar-refractivity contribution in [1.29, 1.82) is 0 Å².